The molecular formula is C34H59N3O11. The Labute approximate surface area is 284 Å². The van der Waals surface area contributed by atoms with Gasteiger partial charge in [-0.05, 0) is 61.1 Å². The number of oxime groups is 1. The van der Waals surface area contributed by atoms with Crippen LogP contribution >= 0.6 is 0 Å². The van der Waals surface area contributed by atoms with Gasteiger partial charge in [0, 0.05) is 43.9 Å². The fourth-order valence-electron chi connectivity index (χ4n) is 8.40. The van der Waals surface area contributed by atoms with Gasteiger partial charge in [0.2, 0.25) is 0 Å². The molecular weight excluding hydrogens is 626 g/mol. The molecule has 0 aromatic carbocycles. The minimum absolute atomic E-state index is 0.0361. The Morgan fingerprint density at radius 1 is 1.06 bits per heavy atom. The van der Waals surface area contributed by atoms with Gasteiger partial charge in [0.25, 0.3) is 0 Å². The van der Waals surface area contributed by atoms with Crippen molar-refractivity contribution in [2.45, 2.75) is 129 Å². The molecule has 3 aliphatic rings. The lowest BCUT2D eigenvalue weighted by molar-refractivity contribution is -0.305. The molecule has 4 N–H and O–H groups in total. The van der Waals surface area contributed by atoms with Crippen LogP contribution in [-0.4, -0.2) is 121 Å². The van der Waals surface area contributed by atoms with Crippen molar-refractivity contribution in [3.8, 4) is 0 Å². The maximum absolute atomic E-state index is 14.4. The summed E-state index contributed by atoms with van der Waals surface area (Å²) < 4.78 is 37.1. The number of methoxy groups -OCH3 is 2. The van der Waals surface area contributed by atoms with Crippen molar-refractivity contribution in [2.24, 2.45) is 46.4 Å². The zero-order chi connectivity index (χ0) is 36.5. The standard InChI is InChI=1S/C34H59N3O11/c1-13-22-34(8)24(23(29(35)36-42)31(41)48-34)18(4)25(38)16(2)15-33(7,44-12)28(19(5)26(39)20(6)30(40)46-22)47-32-27(43-11)21(37(9)10)14-17(3)45-32/h16-24,26-28,32,39,42H,13-15H2,1-12H3,(H2,35,36)/t16-,17-,18-,19+,20-,21+,22+,23-,24+,26-,27-,28-,32+,33-,34-/m1/s1. The minimum atomic E-state index is -1.50. The number of nitrogens with two attached hydrogens (primary N) is 1. The van der Waals surface area contributed by atoms with Gasteiger partial charge in [-0.15, -0.1) is 0 Å². The Balaban J connectivity index is 2.17. The third kappa shape index (κ3) is 7.53. The SMILES string of the molecule is CC[C@@H]1OC(=O)[C@H](C)[C@H](O)[C@H](C)[C@@H](O[C@@H]2O[C@H](C)C[C@H](N(C)C)[C@H]2OC)[C@](C)(OC)C[C@@H](C)C(=O)[C@H](C)[C@H]2[C@H](/C(N)=N/O)C(=O)O[C@@]21C. The van der Waals surface area contributed by atoms with E-state index < -0.39 is 95.2 Å². The molecule has 0 bridgehead atoms. The topological polar surface area (TPSA) is 189 Å². The summed E-state index contributed by atoms with van der Waals surface area (Å²) in [6, 6.07) is -0.0361. The molecule has 3 fully saturated rings. The normalized spacial score (nSPS) is 45.3. The van der Waals surface area contributed by atoms with Gasteiger partial charge in [0.05, 0.1) is 29.8 Å². The molecule has 48 heavy (non-hydrogen) atoms. The van der Waals surface area contributed by atoms with Gasteiger partial charge in [-0.3, -0.25) is 14.4 Å². The van der Waals surface area contributed by atoms with Crippen LogP contribution < -0.4 is 5.73 Å². The summed E-state index contributed by atoms with van der Waals surface area (Å²) in [5, 5.41) is 24.5. The van der Waals surface area contributed by atoms with Gasteiger partial charge in [0.1, 0.15) is 23.9 Å². The number of nitrogens with zero attached hydrogens (tertiary/aromatic N) is 2. The Kier molecular flexibility index (Phi) is 13.1. The number of amidine groups is 1. The van der Waals surface area contributed by atoms with E-state index in [0.29, 0.717) is 6.42 Å². The minimum Gasteiger partial charge on any atom is -0.458 e. The van der Waals surface area contributed by atoms with Gasteiger partial charge in [-0.1, -0.05) is 32.9 Å². The second kappa shape index (κ2) is 15.7. The van der Waals surface area contributed by atoms with Crippen LogP contribution in [0.5, 0.6) is 0 Å². The fourth-order valence-corrected chi connectivity index (χ4v) is 8.40. The average Bonchev–Trinajstić information content (AvgIpc) is 3.32. The Bertz CT molecular complexity index is 1180. The number of fused-ring (bicyclic) bond motifs is 1. The summed E-state index contributed by atoms with van der Waals surface area (Å²) in [5.41, 5.74) is 3.33. The van der Waals surface area contributed by atoms with Crippen LogP contribution in [0.2, 0.25) is 0 Å². The van der Waals surface area contributed by atoms with Gasteiger partial charge in [0.15, 0.2) is 17.7 Å². The zero-order valence-electron chi connectivity index (χ0n) is 30.7. The summed E-state index contributed by atoms with van der Waals surface area (Å²) in [7, 11) is 7.03. The van der Waals surface area contributed by atoms with Crippen LogP contribution in [0, 0.1) is 35.5 Å². The molecule has 15 atom stereocenters. The average molecular weight is 686 g/mol. The Hall–Kier alpha value is -2.36. The molecule has 14 nitrogen and oxygen atoms in total. The Morgan fingerprint density at radius 2 is 1.69 bits per heavy atom. The van der Waals surface area contributed by atoms with Crippen LogP contribution in [0.15, 0.2) is 5.16 Å². The molecule has 0 aromatic heterocycles. The lowest BCUT2D eigenvalue weighted by atomic mass is 9.67. The van der Waals surface area contributed by atoms with E-state index in [1.54, 1.807) is 55.6 Å². The number of Topliss-reactive ketones (excluding diaryl/α,β-unsaturated/α-hetero) is 1. The maximum Gasteiger partial charge on any atom is 0.317 e. The van der Waals surface area contributed by atoms with Crippen LogP contribution in [0.4, 0.5) is 0 Å². The first-order valence-corrected chi connectivity index (χ1v) is 17.0. The molecule has 0 unspecified atom stereocenters. The van der Waals surface area contributed by atoms with Gasteiger partial charge >= 0.3 is 11.9 Å². The Morgan fingerprint density at radius 3 is 2.21 bits per heavy atom. The lowest BCUT2D eigenvalue weighted by Crippen LogP contribution is -2.60. The lowest BCUT2D eigenvalue weighted by Gasteiger charge is -2.48. The van der Waals surface area contributed by atoms with Crippen molar-refractivity contribution in [1.82, 2.24) is 4.90 Å². The molecule has 0 spiro atoms. The van der Waals surface area contributed by atoms with Crippen molar-refractivity contribution in [1.29, 1.82) is 0 Å². The second-order valence-electron chi connectivity index (χ2n) is 14.8. The number of likely N-dealkylation sites (N-methyl/N-ethyl adjacent to an activating group) is 1. The van der Waals surface area contributed by atoms with Crippen LogP contribution in [-0.2, 0) is 42.8 Å². The molecule has 0 aliphatic carbocycles. The number of ketones is 1. The van der Waals surface area contributed by atoms with E-state index in [2.05, 4.69) is 10.1 Å². The highest BCUT2D eigenvalue weighted by Gasteiger charge is 2.62. The molecule has 0 radical (unpaired) electrons. The number of hydrogen-bond donors (Lipinski definition) is 3. The fraction of sp³-hybridized carbons (Fsp3) is 0.882. The maximum atomic E-state index is 14.4. The van der Waals surface area contributed by atoms with E-state index in [1.807, 2.05) is 21.0 Å². The number of aliphatic hydroxyl groups is 1. The molecule has 3 aliphatic heterocycles. The van der Waals surface area contributed by atoms with E-state index in [-0.39, 0.29) is 30.8 Å². The predicted octanol–water partition coefficient (Wildman–Crippen LogP) is 2.35. The first-order chi connectivity index (χ1) is 22.3. The number of aliphatic hydroxyl groups excluding tert-OH is 1. The van der Waals surface area contributed by atoms with E-state index >= 15 is 0 Å². The van der Waals surface area contributed by atoms with Crippen molar-refractivity contribution >= 4 is 23.6 Å². The van der Waals surface area contributed by atoms with Crippen molar-refractivity contribution in [3.63, 3.8) is 0 Å². The monoisotopic (exact) mass is 685 g/mol. The molecule has 3 saturated heterocycles. The number of carbonyl (C=O) groups is 3. The van der Waals surface area contributed by atoms with E-state index in [9.17, 15) is 24.7 Å². The highest BCUT2D eigenvalue weighted by Crippen LogP contribution is 2.48. The summed E-state index contributed by atoms with van der Waals surface area (Å²) in [4.78, 5) is 43.5. The molecule has 3 heterocycles. The van der Waals surface area contributed by atoms with Crippen LogP contribution in [0.3, 0.4) is 0 Å². The van der Waals surface area contributed by atoms with Gasteiger partial charge < -0.3 is 49.4 Å². The largest absolute Gasteiger partial charge is 0.458 e. The van der Waals surface area contributed by atoms with Crippen molar-refractivity contribution in [2.75, 3.05) is 28.3 Å². The smallest absolute Gasteiger partial charge is 0.317 e. The van der Waals surface area contributed by atoms with Crippen molar-refractivity contribution < 1.29 is 53.1 Å². The number of esters is 2. The third-order valence-electron chi connectivity index (χ3n) is 11.3. The zero-order valence-corrected chi connectivity index (χ0v) is 30.7. The summed E-state index contributed by atoms with van der Waals surface area (Å²) >= 11 is 0. The number of carbonyl (C=O) groups excluding carboxylic acids is 3. The highest BCUT2D eigenvalue weighted by molar-refractivity contribution is 6.02. The van der Waals surface area contributed by atoms with Gasteiger partial charge in [-0.2, -0.15) is 0 Å². The van der Waals surface area contributed by atoms with E-state index in [4.69, 9.17) is 34.2 Å². The number of cyclic esters (lactones) is 1. The molecule has 3 rings (SSSR count). The summed E-state index contributed by atoms with van der Waals surface area (Å²) in [5.74, 6) is -7.64. The summed E-state index contributed by atoms with van der Waals surface area (Å²) in [6.07, 6.45) is -3.63. The second-order valence-corrected chi connectivity index (χ2v) is 14.8. The van der Waals surface area contributed by atoms with Crippen molar-refractivity contribution in [3.05, 3.63) is 0 Å². The van der Waals surface area contributed by atoms with Gasteiger partial charge in [-0.25, -0.2) is 0 Å². The highest BCUT2D eigenvalue weighted by atomic mass is 16.7. The van der Waals surface area contributed by atoms with Crippen LogP contribution in [0.1, 0.15) is 74.7 Å². The van der Waals surface area contributed by atoms with E-state index in [1.165, 1.54) is 7.11 Å². The molecule has 276 valence electrons. The molecule has 0 aromatic rings. The quantitative estimate of drug-likeness (QED) is 0.117. The van der Waals surface area contributed by atoms with Crippen LogP contribution in [0.25, 0.3) is 0 Å². The summed E-state index contributed by atoms with van der Waals surface area (Å²) in [6.45, 7) is 13.9. The first kappa shape index (κ1) is 40.1. The number of hydrogen-bond acceptors (Lipinski definition) is 13. The molecule has 0 saturated carbocycles. The number of ether oxygens (including phenoxy) is 6. The predicted molar refractivity (Wildman–Crippen MR) is 175 cm³/mol. The molecule has 14 heteroatoms. The number of rotatable bonds is 7. The first-order valence-electron chi connectivity index (χ1n) is 17.0. The molecule has 0 amide bonds. The van der Waals surface area contributed by atoms with E-state index in [0.717, 1.165) is 0 Å². The third-order valence-corrected chi connectivity index (χ3v) is 11.3.